The molecule has 20 heavy (non-hydrogen) atoms. The number of hydrogen-bond donors (Lipinski definition) is 1. The molecular formula is C11H11ClF2N2O3S. The third-order valence-corrected chi connectivity index (χ3v) is 4.08. The van der Waals surface area contributed by atoms with Gasteiger partial charge >= 0.3 is 0 Å². The lowest BCUT2D eigenvalue weighted by atomic mass is 10.1. The molecule has 1 heterocycles. The van der Waals surface area contributed by atoms with Gasteiger partial charge < -0.3 is 4.90 Å². The van der Waals surface area contributed by atoms with Crippen molar-refractivity contribution >= 4 is 33.2 Å². The first-order valence-electron chi connectivity index (χ1n) is 5.63. The SMILES string of the molecule is NS(=O)(=O)CC1CC(=O)N(c2c(F)cc(Cl)cc2F)C1. The van der Waals surface area contributed by atoms with Gasteiger partial charge in [-0.05, 0) is 12.1 Å². The molecule has 0 aliphatic carbocycles. The number of anilines is 1. The van der Waals surface area contributed by atoms with Crippen LogP contribution in [0.4, 0.5) is 14.5 Å². The van der Waals surface area contributed by atoms with Crippen molar-refractivity contribution in [3.8, 4) is 0 Å². The van der Waals surface area contributed by atoms with Crippen molar-refractivity contribution in [1.29, 1.82) is 0 Å². The standard InChI is InChI=1S/C11H11ClF2N2O3S/c12-7-2-8(13)11(9(14)3-7)16-4-6(1-10(16)17)5-20(15,18)19/h2-3,6H,1,4-5H2,(H2,15,18,19). The maximum Gasteiger partial charge on any atom is 0.227 e. The van der Waals surface area contributed by atoms with Crippen LogP contribution in [0.25, 0.3) is 0 Å². The molecule has 5 nitrogen and oxygen atoms in total. The number of nitrogens with two attached hydrogens (primary N) is 1. The zero-order chi connectivity index (χ0) is 15.1. The second-order valence-corrected chi connectivity index (χ2v) is 6.72. The average molecular weight is 325 g/mol. The Morgan fingerprint density at radius 1 is 1.35 bits per heavy atom. The van der Waals surface area contributed by atoms with Gasteiger partial charge in [0, 0.05) is 23.9 Å². The van der Waals surface area contributed by atoms with Crippen molar-refractivity contribution in [2.45, 2.75) is 6.42 Å². The molecule has 1 aromatic carbocycles. The molecule has 2 rings (SSSR count). The molecule has 0 spiro atoms. The molecule has 0 radical (unpaired) electrons. The second kappa shape index (κ2) is 5.27. The lowest BCUT2D eigenvalue weighted by Gasteiger charge is -2.18. The van der Waals surface area contributed by atoms with E-state index in [1.54, 1.807) is 0 Å². The fourth-order valence-corrected chi connectivity index (χ4v) is 3.30. The molecule has 1 aliphatic rings. The Balaban J connectivity index is 2.29. The molecule has 0 bridgehead atoms. The van der Waals surface area contributed by atoms with Crippen molar-refractivity contribution in [3.05, 3.63) is 28.8 Å². The smallest absolute Gasteiger partial charge is 0.227 e. The Kier molecular flexibility index (Phi) is 3.99. The lowest BCUT2D eigenvalue weighted by molar-refractivity contribution is -0.117. The highest BCUT2D eigenvalue weighted by Crippen LogP contribution is 2.32. The Bertz CT molecular complexity index is 643. The second-order valence-electron chi connectivity index (χ2n) is 4.62. The summed E-state index contributed by atoms with van der Waals surface area (Å²) < 4.78 is 49.5. The van der Waals surface area contributed by atoms with Crippen LogP contribution in [0, 0.1) is 17.6 Å². The molecule has 0 aromatic heterocycles. The fraction of sp³-hybridized carbons (Fsp3) is 0.364. The number of nitrogens with zero attached hydrogens (tertiary/aromatic N) is 1. The predicted molar refractivity (Wildman–Crippen MR) is 69.8 cm³/mol. The fourth-order valence-electron chi connectivity index (χ4n) is 2.23. The summed E-state index contributed by atoms with van der Waals surface area (Å²) >= 11 is 5.50. The Morgan fingerprint density at radius 3 is 2.40 bits per heavy atom. The number of hydrogen-bond acceptors (Lipinski definition) is 3. The lowest BCUT2D eigenvalue weighted by Crippen LogP contribution is -2.28. The van der Waals surface area contributed by atoms with Crippen LogP contribution in [0.1, 0.15) is 6.42 Å². The minimum absolute atomic E-state index is 0.106. The van der Waals surface area contributed by atoms with Crippen molar-refractivity contribution in [1.82, 2.24) is 0 Å². The van der Waals surface area contributed by atoms with E-state index < -0.39 is 44.9 Å². The monoisotopic (exact) mass is 324 g/mol. The summed E-state index contributed by atoms with van der Waals surface area (Å²) in [4.78, 5) is 12.7. The van der Waals surface area contributed by atoms with Crippen LogP contribution < -0.4 is 10.0 Å². The molecule has 9 heteroatoms. The number of sulfonamides is 1. The van der Waals surface area contributed by atoms with Crippen molar-refractivity contribution in [2.75, 3.05) is 17.2 Å². The largest absolute Gasteiger partial charge is 0.307 e. The number of carbonyl (C=O) groups excluding carboxylic acids is 1. The zero-order valence-corrected chi connectivity index (χ0v) is 11.7. The first-order chi connectivity index (χ1) is 9.17. The summed E-state index contributed by atoms with van der Waals surface area (Å²) in [6.07, 6.45) is -0.127. The number of halogens is 3. The maximum absolute atomic E-state index is 13.7. The van der Waals surface area contributed by atoms with Gasteiger partial charge in [-0.15, -0.1) is 0 Å². The molecule has 1 unspecified atom stereocenters. The average Bonchev–Trinajstić information content (AvgIpc) is 2.55. The summed E-state index contributed by atoms with van der Waals surface area (Å²) in [5, 5.41) is 4.77. The highest BCUT2D eigenvalue weighted by Gasteiger charge is 2.35. The number of carbonyl (C=O) groups is 1. The normalized spacial score (nSPS) is 19.7. The predicted octanol–water partition coefficient (Wildman–Crippen LogP) is 1.26. The van der Waals surface area contributed by atoms with E-state index >= 15 is 0 Å². The molecule has 1 aromatic rings. The summed E-state index contributed by atoms with van der Waals surface area (Å²) in [7, 11) is -3.75. The first kappa shape index (κ1) is 15.1. The molecule has 1 amide bonds. The Morgan fingerprint density at radius 2 is 1.90 bits per heavy atom. The molecule has 1 fully saturated rings. The van der Waals surface area contributed by atoms with E-state index in [4.69, 9.17) is 16.7 Å². The van der Waals surface area contributed by atoms with Crippen LogP contribution in [0.3, 0.4) is 0 Å². The van der Waals surface area contributed by atoms with Gasteiger partial charge in [0.2, 0.25) is 15.9 Å². The highest BCUT2D eigenvalue weighted by molar-refractivity contribution is 7.89. The molecule has 110 valence electrons. The van der Waals surface area contributed by atoms with E-state index in [1.807, 2.05) is 0 Å². The third-order valence-electron chi connectivity index (χ3n) is 2.92. The quantitative estimate of drug-likeness (QED) is 0.909. The van der Waals surface area contributed by atoms with Crippen molar-refractivity contribution in [2.24, 2.45) is 11.1 Å². The summed E-state index contributed by atoms with van der Waals surface area (Å²) in [6, 6.07) is 1.78. The van der Waals surface area contributed by atoms with E-state index in [0.717, 1.165) is 17.0 Å². The van der Waals surface area contributed by atoms with E-state index in [0.29, 0.717) is 0 Å². The Hall–Kier alpha value is -1.25. The van der Waals surface area contributed by atoms with E-state index in [-0.39, 0.29) is 18.0 Å². The van der Waals surface area contributed by atoms with E-state index in [2.05, 4.69) is 0 Å². The van der Waals surface area contributed by atoms with Crippen molar-refractivity contribution < 1.29 is 22.0 Å². The van der Waals surface area contributed by atoms with Gasteiger partial charge in [0.1, 0.15) is 5.69 Å². The van der Waals surface area contributed by atoms with Gasteiger partial charge in [0.15, 0.2) is 11.6 Å². The molecule has 2 N–H and O–H groups in total. The molecule has 1 atom stereocenters. The highest BCUT2D eigenvalue weighted by atomic mass is 35.5. The van der Waals surface area contributed by atoms with Crippen LogP contribution in [-0.2, 0) is 14.8 Å². The van der Waals surface area contributed by atoms with Crippen LogP contribution in [0.5, 0.6) is 0 Å². The molecule has 1 saturated heterocycles. The van der Waals surface area contributed by atoms with Crippen LogP contribution in [0.2, 0.25) is 5.02 Å². The van der Waals surface area contributed by atoms with Crippen LogP contribution in [-0.4, -0.2) is 26.6 Å². The van der Waals surface area contributed by atoms with Crippen LogP contribution >= 0.6 is 11.6 Å². The minimum atomic E-state index is -3.75. The minimum Gasteiger partial charge on any atom is -0.307 e. The molecule has 1 aliphatic heterocycles. The number of primary sulfonamides is 1. The third kappa shape index (κ3) is 3.25. The van der Waals surface area contributed by atoms with Crippen LogP contribution in [0.15, 0.2) is 12.1 Å². The zero-order valence-electron chi connectivity index (χ0n) is 10.1. The number of benzene rings is 1. The summed E-state index contributed by atoms with van der Waals surface area (Å²) in [5.74, 6) is -3.50. The van der Waals surface area contributed by atoms with Gasteiger partial charge in [-0.2, -0.15) is 0 Å². The maximum atomic E-state index is 13.7. The van der Waals surface area contributed by atoms with E-state index in [1.165, 1.54) is 0 Å². The first-order valence-corrected chi connectivity index (χ1v) is 7.72. The molecular weight excluding hydrogens is 314 g/mol. The van der Waals surface area contributed by atoms with Gasteiger partial charge in [0.05, 0.1) is 5.75 Å². The van der Waals surface area contributed by atoms with Crippen molar-refractivity contribution in [3.63, 3.8) is 0 Å². The topological polar surface area (TPSA) is 80.5 Å². The van der Waals surface area contributed by atoms with E-state index in [9.17, 15) is 22.0 Å². The van der Waals surface area contributed by atoms with Gasteiger partial charge in [0.25, 0.3) is 0 Å². The summed E-state index contributed by atoms with van der Waals surface area (Å²) in [5.41, 5.74) is -0.517. The summed E-state index contributed by atoms with van der Waals surface area (Å²) in [6.45, 7) is -0.106. The number of rotatable bonds is 3. The number of amides is 1. The van der Waals surface area contributed by atoms with Gasteiger partial charge in [-0.25, -0.2) is 22.3 Å². The van der Waals surface area contributed by atoms with Gasteiger partial charge in [-0.3, -0.25) is 4.79 Å². The Labute approximate surface area is 119 Å². The molecule has 0 saturated carbocycles. The van der Waals surface area contributed by atoms with Gasteiger partial charge in [-0.1, -0.05) is 11.6 Å².